The van der Waals surface area contributed by atoms with Crippen molar-refractivity contribution in [3.05, 3.63) is 18.1 Å². The Hall–Kier alpha value is -1.16. The van der Waals surface area contributed by atoms with Gasteiger partial charge < -0.3 is 10.2 Å². The van der Waals surface area contributed by atoms with Crippen LogP contribution in [0.5, 0.6) is 0 Å². The molecule has 0 amide bonds. The lowest BCUT2D eigenvalue weighted by Gasteiger charge is -2.33. The minimum atomic E-state index is 0.463. The van der Waals surface area contributed by atoms with Gasteiger partial charge in [-0.05, 0) is 31.2 Å². The summed E-state index contributed by atoms with van der Waals surface area (Å²) in [7, 11) is 0. The lowest BCUT2D eigenvalue weighted by Crippen LogP contribution is -2.39. The van der Waals surface area contributed by atoms with E-state index in [9.17, 15) is 0 Å². The molecule has 1 fully saturated rings. The van der Waals surface area contributed by atoms with Crippen LogP contribution in [-0.2, 0) is 0 Å². The summed E-state index contributed by atoms with van der Waals surface area (Å²) in [6, 6.07) is 2.74. The van der Waals surface area contributed by atoms with Crippen LogP contribution in [0, 0.1) is 5.92 Å². The maximum atomic E-state index is 4.44. The van der Waals surface area contributed by atoms with E-state index in [1.54, 1.807) is 6.33 Å². The van der Waals surface area contributed by atoms with E-state index in [1.807, 2.05) is 0 Å². The van der Waals surface area contributed by atoms with Crippen LogP contribution in [0.15, 0.2) is 12.4 Å². The number of aromatic nitrogens is 2. The van der Waals surface area contributed by atoms with Crippen molar-refractivity contribution >= 4 is 5.82 Å². The van der Waals surface area contributed by atoms with Gasteiger partial charge in [0.2, 0.25) is 0 Å². The highest BCUT2D eigenvalue weighted by molar-refractivity contribution is 5.39. The van der Waals surface area contributed by atoms with E-state index in [4.69, 9.17) is 0 Å². The summed E-state index contributed by atoms with van der Waals surface area (Å²) in [4.78, 5) is 11.2. The molecule has 1 aliphatic heterocycles. The Bertz CT molecular complexity index is 409. The summed E-state index contributed by atoms with van der Waals surface area (Å²) < 4.78 is 0. The van der Waals surface area contributed by atoms with Crippen LogP contribution in [-0.4, -0.2) is 35.6 Å². The average Bonchev–Trinajstić information content (AvgIpc) is 2.46. The number of piperidine rings is 1. The largest absolute Gasteiger partial charge is 0.356 e. The van der Waals surface area contributed by atoms with Crippen molar-refractivity contribution in [1.82, 2.24) is 15.3 Å². The highest BCUT2D eigenvalue weighted by Gasteiger charge is 2.20. The van der Waals surface area contributed by atoms with E-state index >= 15 is 0 Å². The van der Waals surface area contributed by atoms with Crippen LogP contribution < -0.4 is 10.2 Å². The summed E-state index contributed by atoms with van der Waals surface area (Å²) in [6.45, 7) is 12.1. The van der Waals surface area contributed by atoms with Gasteiger partial charge in [-0.2, -0.15) is 0 Å². The molecule has 1 saturated heterocycles. The average molecular weight is 276 g/mol. The fourth-order valence-corrected chi connectivity index (χ4v) is 2.62. The van der Waals surface area contributed by atoms with E-state index in [0.717, 1.165) is 37.1 Å². The monoisotopic (exact) mass is 276 g/mol. The van der Waals surface area contributed by atoms with E-state index in [0.29, 0.717) is 12.0 Å². The van der Waals surface area contributed by atoms with Crippen molar-refractivity contribution in [2.45, 2.75) is 52.5 Å². The van der Waals surface area contributed by atoms with Gasteiger partial charge in [0.15, 0.2) is 0 Å². The molecular weight excluding hydrogens is 248 g/mol. The number of rotatable bonds is 5. The molecule has 2 heterocycles. The lowest BCUT2D eigenvalue weighted by atomic mass is 9.96. The molecule has 0 radical (unpaired) electrons. The molecule has 2 rings (SSSR count). The smallest absolute Gasteiger partial charge is 0.132 e. The number of nitrogens with zero attached hydrogens (tertiary/aromatic N) is 3. The number of nitrogens with one attached hydrogen (secondary N) is 1. The summed E-state index contributed by atoms with van der Waals surface area (Å²) in [5.41, 5.74) is 1.14. The Morgan fingerprint density at radius 3 is 2.50 bits per heavy atom. The van der Waals surface area contributed by atoms with Crippen molar-refractivity contribution in [3.8, 4) is 0 Å². The molecule has 0 unspecified atom stereocenters. The van der Waals surface area contributed by atoms with Crippen molar-refractivity contribution in [2.24, 2.45) is 5.92 Å². The summed E-state index contributed by atoms with van der Waals surface area (Å²) in [6.07, 6.45) is 4.21. The lowest BCUT2D eigenvalue weighted by molar-refractivity contribution is 0.369. The zero-order chi connectivity index (χ0) is 14.5. The van der Waals surface area contributed by atoms with Gasteiger partial charge in [-0.25, -0.2) is 9.97 Å². The minimum absolute atomic E-state index is 0.463. The normalized spacial score (nSPS) is 17.2. The van der Waals surface area contributed by atoms with Crippen LogP contribution in [0.25, 0.3) is 0 Å². The van der Waals surface area contributed by atoms with Gasteiger partial charge in [-0.15, -0.1) is 0 Å². The second kappa shape index (κ2) is 7.02. The zero-order valence-corrected chi connectivity index (χ0v) is 13.3. The van der Waals surface area contributed by atoms with Crippen LogP contribution in [0.3, 0.4) is 0 Å². The molecule has 1 N–H and O–H groups in total. The van der Waals surface area contributed by atoms with Crippen molar-refractivity contribution in [3.63, 3.8) is 0 Å². The molecule has 0 bridgehead atoms. The standard InChI is InChI=1S/C16H28N4/c1-12(2)15-9-16(19-11-18-15)20-7-5-14(6-8-20)10-17-13(3)4/h9,11-14,17H,5-8,10H2,1-4H3. The summed E-state index contributed by atoms with van der Waals surface area (Å²) >= 11 is 0. The van der Waals surface area contributed by atoms with Gasteiger partial charge in [0.25, 0.3) is 0 Å². The molecule has 0 aliphatic carbocycles. The maximum absolute atomic E-state index is 4.44. The molecule has 4 nitrogen and oxygen atoms in total. The van der Waals surface area contributed by atoms with Crippen molar-refractivity contribution in [2.75, 3.05) is 24.5 Å². The van der Waals surface area contributed by atoms with Crippen molar-refractivity contribution in [1.29, 1.82) is 0 Å². The maximum Gasteiger partial charge on any atom is 0.132 e. The van der Waals surface area contributed by atoms with E-state index in [-0.39, 0.29) is 0 Å². The number of hydrogen-bond acceptors (Lipinski definition) is 4. The van der Waals surface area contributed by atoms with Gasteiger partial charge in [0.1, 0.15) is 12.1 Å². The minimum Gasteiger partial charge on any atom is -0.356 e. The van der Waals surface area contributed by atoms with Crippen LogP contribution in [0.4, 0.5) is 5.82 Å². The second-order valence-corrected chi connectivity index (χ2v) is 6.45. The van der Waals surface area contributed by atoms with Crippen LogP contribution >= 0.6 is 0 Å². The SMILES string of the molecule is CC(C)NCC1CCN(c2cc(C(C)C)ncn2)CC1. The zero-order valence-electron chi connectivity index (χ0n) is 13.3. The van der Waals surface area contributed by atoms with Crippen molar-refractivity contribution < 1.29 is 0 Å². The molecule has 4 heteroatoms. The molecular formula is C16H28N4. The quantitative estimate of drug-likeness (QED) is 0.898. The Morgan fingerprint density at radius 1 is 1.20 bits per heavy atom. The van der Waals surface area contributed by atoms with Gasteiger partial charge in [-0.1, -0.05) is 27.7 Å². The molecule has 0 saturated carbocycles. The van der Waals surface area contributed by atoms with Gasteiger partial charge >= 0.3 is 0 Å². The third kappa shape index (κ3) is 4.17. The first kappa shape index (κ1) is 15.2. The highest BCUT2D eigenvalue weighted by atomic mass is 15.2. The second-order valence-electron chi connectivity index (χ2n) is 6.45. The Morgan fingerprint density at radius 2 is 1.90 bits per heavy atom. The van der Waals surface area contributed by atoms with Gasteiger partial charge in [0.05, 0.1) is 0 Å². The summed E-state index contributed by atoms with van der Waals surface area (Å²) in [5, 5.41) is 3.55. The fraction of sp³-hybridized carbons (Fsp3) is 0.750. The predicted molar refractivity (Wildman–Crippen MR) is 84.2 cm³/mol. The van der Waals surface area contributed by atoms with Crippen LogP contribution in [0.2, 0.25) is 0 Å². The first-order chi connectivity index (χ1) is 9.56. The fourth-order valence-electron chi connectivity index (χ4n) is 2.62. The van der Waals surface area contributed by atoms with Crippen LogP contribution in [0.1, 0.15) is 52.1 Å². The molecule has 1 aromatic rings. The van der Waals surface area contributed by atoms with E-state index in [2.05, 4.69) is 53.9 Å². The Labute approximate surface area is 123 Å². The summed E-state index contributed by atoms with van der Waals surface area (Å²) in [5.74, 6) is 2.36. The molecule has 0 spiro atoms. The Balaban J connectivity index is 1.88. The third-order valence-electron chi connectivity index (χ3n) is 4.02. The van der Waals surface area contributed by atoms with Gasteiger partial charge in [-0.3, -0.25) is 0 Å². The predicted octanol–water partition coefficient (Wildman–Crippen LogP) is 2.81. The first-order valence-corrected chi connectivity index (χ1v) is 7.86. The molecule has 20 heavy (non-hydrogen) atoms. The first-order valence-electron chi connectivity index (χ1n) is 7.86. The highest BCUT2D eigenvalue weighted by Crippen LogP contribution is 2.23. The molecule has 1 aliphatic rings. The topological polar surface area (TPSA) is 41.0 Å². The Kier molecular flexibility index (Phi) is 5.35. The van der Waals surface area contributed by atoms with E-state index < -0.39 is 0 Å². The van der Waals surface area contributed by atoms with Gasteiger partial charge in [0, 0.05) is 30.9 Å². The van der Waals surface area contributed by atoms with E-state index in [1.165, 1.54) is 12.8 Å². The third-order valence-corrected chi connectivity index (χ3v) is 4.02. The molecule has 0 aromatic carbocycles. The number of hydrogen-bond donors (Lipinski definition) is 1. The molecule has 0 atom stereocenters. The molecule has 112 valence electrons. The molecule has 1 aromatic heterocycles. The number of anilines is 1.